The Labute approximate surface area is 111 Å². The number of rotatable bonds is 5. The molecule has 1 N–H and O–H groups in total. The topological polar surface area (TPSA) is 69.4 Å². The van der Waals surface area contributed by atoms with Crippen LogP contribution >= 0.6 is 0 Å². The Balaban J connectivity index is 2.17. The lowest BCUT2D eigenvalue weighted by Crippen LogP contribution is -2.02. The number of benzene rings is 1. The van der Waals surface area contributed by atoms with Gasteiger partial charge in [-0.05, 0) is 19.1 Å². The molecule has 1 aromatic carbocycles. The molecule has 0 spiro atoms. The molecule has 1 heterocycles. The minimum atomic E-state index is -0.609. The third kappa shape index (κ3) is 3.23. The van der Waals surface area contributed by atoms with E-state index in [-0.39, 0.29) is 0 Å². The van der Waals surface area contributed by atoms with Crippen LogP contribution in [-0.2, 0) is 13.7 Å². The summed E-state index contributed by atoms with van der Waals surface area (Å²) in [6, 6.07) is 5.32. The van der Waals surface area contributed by atoms with Crippen molar-refractivity contribution in [1.29, 1.82) is 0 Å². The maximum Gasteiger partial charge on any atom is 0.134 e. The molecule has 0 fully saturated rings. The van der Waals surface area contributed by atoms with Gasteiger partial charge in [0.15, 0.2) is 0 Å². The first kappa shape index (κ1) is 13.4. The number of hydrogen-bond donors (Lipinski definition) is 1. The second kappa shape index (κ2) is 5.71. The summed E-state index contributed by atoms with van der Waals surface area (Å²) in [6.45, 7) is 1.98. The van der Waals surface area contributed by atoms with Crippen LogP contribution in [0.1, 0.15) is 24.3 Å². The standard InChI is InChI=1S/C13H17N3O3/c1-9(17)12-5-4-11(18-3)6-13(12)19-8-10-7-16(2)15-14-10/h4-7,9,17H,8H2,1-3H3/t9-/m1/s1. The molecule has 1 atom stereocenters. The van der Waals surface area contributed by atoms with Crippen molar-refractivity contribution < 1.29 is 14.6 Å². The molecule has 0 amide bonds. The van der Waals surface area contributed by atoms with Crippen molar-refractivity contribution >= 4 is 0 Å². The zero-order chi connectivity index (χ0) is 13.8. The van der Waals surface area contributed by atoms with Crippen molar-refractivity contribution in [2.45, 2.75) is 19.6 Å². The van der Waals surface area contributed by atoms with Crippen LogP contribution in [0, 0.1) is 0 Å². The highest BCUT2D eigenvalue weighted by Gasteiger charge is 2.11. The van der Waals surface area contributed by atoms with E-state index in [2.05, 4.69) is 10.3 Å². The third-order valence-corrected chi connectivity index (χ3v) is 2.70. The Morgan fingerprint density at radius 2 is 2.21 bits per heavy atom. The van der Waals surface area contributed by atoms with E-state index < -0.39 is 6.10 Å². The monoisotopic (exact) mass is 263 g/mol. The maximum absolute atomic E-state index is 9.72. The van der Waals surface area contributed by atoms with Gasteiger partial charge in [0.1, 0.15) is 23.8 Å². The van der Waals surface area contributed by atoms with Gasteiger partial charge in [0.2, 0.25) is 0 Å². The number of hydrogen-bond acceptors (Lipinski definition) is 5. The lowest BCUT2D eigenvalue weighted by Gasteiger charge is -2.14. The van der Waals surface area contributed by atoms with E-state index in [4.69, 9.17) is 9.47 Å². The summed E-state index contributed by atoms with van der Waals surface area (Å²) >= 11 is 0. The van der Waals surface area contributed by atoms with Crippen LogP contribution in [0.25, 0.3) is 0 Å². The van der Waals surface area contributed by atoms with Crippen molar-refractivity contribution in [2.75, 3.05) is 7.11 Å². The largest absolute Gasteiger partial charge is 0.497 e. The first-order valence-corrected chi connectivity index (χ1v) is 5.94. The minimum absolute atomic E-state index is 0.292. The Bertz CT molecular complexity index is 552. The molecule has 0 saturated carbocycles. The molecule has 0 aliphatic rings. The fourth-order valence-electron chi connectivity index (χ4n) is 1.72. The first-order chi connectivity index (χ1) is 9.10. The molecule has 0 saturated heterocycles. The van der Waals surface area contributed by atoms with Crippen LogP contribution < -0.4 is 9.47 Å². The highest BCUT2D eigenvalue weighted by Crippen LogP contribution is 2.29. The zero-order valence-electron chi connectivity index (χ0n) is 11.2. The van der Waals surface area contributed by atoms with Gasteiger partial charge in [-0.25, -0.2) is 0 Å². The number of aryl methyl sites for hydroxylation is 1. The Morgan fingerprint density at radius 1 is 1.42 bits per heavy atom. The fourth-order valence-corrected chi connectivity index (χ4v) is 1.72. The van der Waals surface area contributed by atoms with Crippen molar-refractivity contribution in [3.05, 3.63) is 35.7 Å². The number of ether oxygens (including phenoxy) is 2. The molecule has 0 bridgehead atoms. The van der Waals surface area contributed by atoms with Crippen molar-refractivity contribution in [3.8, 4) is 11.5 Å². The van der Waals surface area contributed by atoms with Gasteiger partial charge >= 0.3 is 0 Å². The summed E-state index contributed by atoms with van der Waals surface area (Å²) in [6.07, 6.45) is 1.17. The van der Waals surface area contributed by atoms with E-state index in [9.17, 15) is 5.11 Å². The van der Waals surface area contributed by atoms with Crippen LogP contribution in [0.3, 0.4) is 0 Å². The molecule has 19 heavy (non-hydrogen) atoms. The molecule has 6 heteroatoms. The minimum Gasteiger partial charge on any atom is -0.497 e. The van der Waals surface area contributed by atoms with Gasteiger partial charge in [-0.15, -0.1) is 5.10 Å². The van der Waals surface area contributed by atoms with Crippen molar-refractivity contribution in [1.82, 2.24) is 15.0 Å². The average Bonchev–Trinajstić information content (AvgIpc) is 2.81. The normalized spacial score (nSPS) is 12.2. The summed E-state index contributed by atoms with van der Waals surface area (Å²) in [7, 11) is 3.38. The van der Waals surface area contributed by atoms with Crippen LogP contribution in [-0.4, -0.2) is 27.2 Å². The van der Waals surface area contributed by atoms with Gasteiger partial charge in [0.25, 0.3) is 0 Å². The zero-order valence-corrected chi connectivity index (χ0v) is 11.2. The second-order valence-electron chi connectivity index (χ2n) is 4.25. The quantitative estimate of drug-likeness (QED) is 0.884. The van der Waals surface area contributed by atoms with E-state index in [0.717, 1.165) is 5.69 Å². The Kier molecular flexibility index (Phi) is 4.01. The summed E-state index contributed by atoms with van der Waals surface area (Å²) in [5, 5.41) is 17.5. The highest BCUT2D eigenvalue weighted by atomic mass is 16.5. The van der Waals surface area contributed by atoms with Crippen molar-refractivity contribution in [2.24, 2.45) is 7.05 Å². The Morgan fingerprint density at radius 3 is 2.79 bits per heavy atom. The summed E-state index contributed by atoms with van der Waals surface area (Å²) in [4.78, 5) is 0. The predicted octanol–water partition coefficient (Wildman–Crippen LogP) is 1.46. The molecular formula is C13H17N3O3. The summed E-state index contributed by atoms with van der Waals surface area (Å²) < 4.78 is 12.4. The molecule has 0 radical (unpaired) electrons. The molecule has 0 unspecified atom stereocenters. The van der Waals surface area contributed by atoms with E-state index in [1.54, 1.807) is 50.2 Å². The maximum atomic E-state index is 9.72. The molecule has 2 aromatic rings. The molecule has 2 rings (SSSR count). The van der Waals surface area contributed by atoms with Crippen LogP contribution in [0.4, 0.5) is 0 Å². The molecule has 6 nitrogen and oxygen atoms in total. The van der Waals surface area contributed by atoms with Gasteiger partial charge in [0, 0.05) is 18.7 Å². The molecule has 1 aromatic heterocycles. The molecule has 0 aliphatic carbocycles. The number of aliphatic hydroxyl groups excluding tert-OH is 1. The molecule has 0 aliphatic heterocycles. The van der Waals surface area contributed by atoms with Gasteiger partial charge < -0.3 is 14.6 Å². The first-order valence-electron chi connectivity index (χ1n) is 5.94. The number of aromatic nitrogens is 3. The van der Waals surface area contributed by atoms with Crippen LogP contribution in [0.15, 0.2) is 24.4 Å². The van der Waals surface area contributed by atoms with Gasteiger partial charge in [-0.3, -0.25) is 4.68 Å². The lowest BCUT2D eigenvalue weighted by atomic mass is 10.1. The van der Waals surface area contributed by atoms with Crippen LogP contribution in [0.2, 0.25) is 0 Å². The van der Waals surface area contributed by atoms with Crippen molar-refractivity contribution in [3.63, 3.8) is 0 Å². The van der Waals surface area contributed by atoms with Crippen LogP contribution in [0.5, 0.6) is 11.5 Å². The second-order valence-corrected chi connectivity index (χ2v) is 4.25. The van der Waals surface area contributed by atoms with E-state index in [1.807, 2.05) is 0 Å². The SMILES string of the molecule is COc1ccc([C@@H](C)O)c(OCc2cn(C)nn2)c1. The highest BCUT2D eigenvalue weighted by molar-refractivity contribution is 5.41. The van der Waals surface area contributed by atoms with E-state index in [1.165, 1.54) is 0 Å². The summed E-state index contributed by atoms with van der Waals surface area (Å²) in [5.41, 5.74) is 1.44. The lowest BCUT2D eigenvalue weighted by molar-refractivity contribution is 0.189. The van der Waals surface area contributed by atoms with E-state index in [0.29, 0.717) is 23.7 Å². The number of methoxy groups -OCH3 is 1. The third-order valence-electron chi connectivity index (χ3n) is 2.70. The van der Waals surface area contributed by atoms with E-state index >= 15 is 0 Å². The number of aliphatic hydroxyl groups is 1. The predicted molar refractivity (Wildman–Crippen MR) is 69.0 cm³/mol. The average molecular weight is 263 g/mol. The smallest absolute Gasteiger partial charge is 0.134 e. The fraction of sp³-hybridized carbons (Fsp3) is 0.385. The molecule has 102 valence electrons. The summed E-state index contributed by atoms with van der Waals surface area (Å²) in [5.74, 6) is 1.26. The van der Waals surface area contributed by atoms with Gasteiger partial charge in [0.05, 0.1) is 19.4 Å². The van der Waals surface area contributed by atoms with Gasteiger partial charge in [-0.1, -0.05) is 5.21 Å². The van der Waals surface area contributed by atoms with Gasteiger partial charge in [-0.2, -0.15) is 0 Å². The molecular weight excluding hydrogens is 246 g/mol. The number of nitrogens with zero attached hydrogens (tertiary/aromatic N) is 3. The Hall–Kier alpha value is -2.08.